The molecule has 0 radical (unpaired) electrons. The highest BCUT2D eigenvalue weighted by Gasteiger charge is 2.14. The van der Waals surface area contributed by atoms with Gasteiger partial charge in [0, 0.05) is 22.9 Å². The van der Waals surface area contributed by atoms with Crippen LogP contribution in [0.2, 0.25) is 0 Å². The maximum Gasteiger partial charge on any atom is 0.409 e. The molecule has 3 aromatic rings. The Hall–Kier alpha value is -4.01. The summed E-state index contributed by atoms with van der Waals surface area (Å²) in [5.74, 6) is -4.04. The van der Waals surface area contributed by atoms with Crippen LogP contribution in [-0.4, -0.2) is 17.1 Å². The predicted octanol–water partition coefficient (Wildman–Crippen LogP) is 4.70. The molecule has 0 aromatic heterocycles. The van der Waals surface area contributed by atoms with Crippen molar-refractivity contribution in [2.45, 2.75) is 0 Å². The first kappa shape index (κ1) is 19.7. The Kier molecular flexibility index (Phi) is 5.40. The molecule has 29 heavy (non-hydrogen) atoms. The van der Waals surface area contributed by atoms with Gasteiger partial charge in [-0.05, 0) is 48.0 Å². The van der Waals surface area contributed by atoms with E-state index in [0.717, 1.165) is 6.07 Å². The lowest BCUT2D eigenvalue weighted by molar-refractivity contribution is 0.102. The fraction of sp³-hybridized carbons (Fsp3) is 0. The zero-order valence-electron chi connectivity index (χ0n) is 14.7. The first-order valence-electron chi connectivity index (χ1n) is 8.20. The summed E-state index contributed by atoms with van der Waals surface area (Å²) in [6.45, 7) is 0. The quantitative estimate of drug-likeness (QED) is 0.376. The Morgan fingerprint density at radius 2 is 1.48 bits per heavy atom. The maximum atomic E-state index is 14.0. The second-order valence-corrected chi connectivity index (χ2v) is 6.01. The highest BCUT2D eigenvalue weighted by atomic mass is 19.2. The lowest BCUT2D eigenvalue weighted by atomic mass is 10.0. The summed E-state index contributed by atoms with van der Waals surface area (Å²) >= 11 is 0. The van der Waals surface area contributed by atoms with Crippen molar-refractivity contribution in [3.05, 3.63) is 77.6 Å². The van der Waals surface area contributed by atoms with Gasteiger partial charge in [-0.15, -0.1) is 0 Å². The fourth-order valence-corrected chi connectivity index (χ4v) is 2.60. The van der Waals surface area contributed by atoms with Crippen LogP contribution >= 0.6 is 0 Å². The van der Waals surface area contributed by atoms with Gasteiger partial charge in [-0.2, -0.15) is 0 Å². The molecule has 0 heterocycles. The lowest BCUT2D eigenvalue weighted by Gasteiger charge is -2.12. The van der Waals surface area contributed by atoms with Gasteiger partial charge < -0.3 is 16.2 Å². The van der Waals surface area contributed by atoms with Crippen LogP contribution in [0.15, 0.2) is 54.6 Å². The number of hydrogen-bond acceptors (Lipinski definition) is 3. The van der Waals surface area contributed by atoms with Crippen LogP contribution in [0.25, 0.3) is 11.1 Å². The summed E-state index contributed by atoms with van der Waals surface area (Å²) in [6, 6.07) is 10.9. The third-order valence-corrected chi connectivity index (χ3v) is 4.02. The maximum absolute atomic E-state index is 14.0. The zero-order chi connectivity index (χ0) is 21.1. The molecule has 5 N–H and O–H groups in total. The number of halogens is 3. The highest BCUT2D eigenvalue weighted by molar-refractivity contribution is 6.06. The molecule has 3 aromatic carbocycles. The van der Waals surface area contributed by atoms with Gasteiger partial charge in [0.05, 0.1) is 11.4 Å². The van der Waals surface area contributed by atoms with Crippen molar-refractivity contribution >= 4 is 29.1 Å². The summed E-state index contributed by atoms with van der Waals surface area (Å²) in [5, 5.41) is 13.4. The first-order chi connectivity index (χ1) is 13.7. The Morgan fingerprint density at radius 1 is 0.828 bits per heavy atom. The highest BCUT2D eigenvalue weighted by Crippen LogP contribution is 2.30. The summed E-state index contributed by atoms with van der Waals surface area (Å²) in [4.78, 5) is 23.0. The summed E-state index contributed by atoms with van der Waals surface area (Å²) in [6.07, 6.45) is -1.24. The molecule has 148 valence electrons. The van der Waals surface area contributed by atoms with Crippen molar-refractivity contribution in [3.63, 3.8) is 0 Å². The molecule has 0 aliphatic rings. The van der Waals surface area contributed by atoms with Crippen LogP contribution in [0.4, 0.5) is 35.0 Å². The second kappa shape index (κ2) is 7.93. The molecule has 0 saturated heterocycles. The third kappa shape index (κ3) is 4.46. The predicted molar refractivity (Wildman–Crippen MR) is 102 cm³/mol. The van der Waals surface area contributed by atoms with Gasteiger partial charge in [-0.1, -0.05) is 6.07 Å². The largest absolute Gasteiger partial charge is 0.465 e. The Balaban J connectivity index is 1.86. The van der Waals surface area contributed by atoms with Gasteiger partial charge in [-0.3, -0.25) is 10.1 Å². The number of hydrogen-bond donors (Lipinski definition) is 4. The van der Waals surface area contributed by atoms with Gasteiger partial charge >= 0.3 is 6.09 Å². The Bertz CT molecular complexity index is 1100. The zero-order valence-corrected chi connectivity index (χ0v) is 14.7. The lowest BCUT2D eigenvalue weighted by Crippen LogP contribution is -2.13. The summed E-state index contributed by atoms with van der Waals surface area (Å²) < 4.78 is 40.7. The molecule has 3 rings (SSSR count). The number of nitrogen functional groups attached to an aromatic ring is 1. The van der Waals surface area contributed by atoms with Gasteiger partial charge in [0.25, 0.3) is 5.91 Å². The molecule has 0 spiro atoms. The number of carboxylic acid groups (broad SMARTS) is 1. The van der Waals surface area contributed by atoms with E-state index in [1.54, 1.807) is 0 Å². The molecule has 0 unspecified atom stereocenters. The van der Waals surface area contributed by atoms with E-state index in [-0.39, 0.29) is 33.8 Å². The van der Waals surface area contributed by atoms with E-state index >= 15 is 0 Å². The van der Waals surface area contributed by atoms with E-state index in [0.29, 0.717) is 6.07 Å². The molecule has 0 bridgehead atoms. The molecule has 0 aliphatic carbocycles. The second-order valence-electron chi connectivity index (χ2n) is 6.01. The number of amides is 2. The smallest absolute Gasteiger partial charge is 0.409 e. The average molecular weight is 401 g/mol. The standard InChI is InChI=1S/C20H14F3N3O3/c21-14-9-16(23)15(22)8-13(14)11-3-6-17(24)18(7-11)26-19(27)10-1-4-12(5-2-10)25-20(28)29/h1-9,25H,24H2,(H,26,27)(H,28,29). The molecule has 0 saturated carbocycles. The van der Waals surface area contributed by atoms with E-state index in [1.807, 2.05) is 0 Å². The molecular formula is C20H14F3N3O3. The monoisotopic (exact) mass is 401 g/mol. The summed E-state index contributed by atoms with van der Waals surface area (Å²) in [7, 11) is 0. The number of carbonyl (C=O) groups excluding carboxylic acids is 1. The first-order valence-corrected chi connectivity index (χ1v) is 8.20. The molecule has 2 amide bonds. The Morgan fingerprint density at radius 3 is 2.14 bits per heavy atom. The molecule has 0 aliphatic heterocycles. The van der Waals surface area contributed by atoms with Crippen LogP contribution in [0, 0.1) is 17.5 Å². The topological polar surface area (TPSA) is 104 Å². The average Bonchev–Trinajstić information content (AvgIpc) is 2.66. The number of nitrogens with two attached hydrogens (primary N) is 1. The molecule has 9 heteroatoms. The third-order valence-electron chi connectivity index (χ3n) is 4.02. The van der Waals surface area contributed by atoms with E-state index in [2.05, 4.69) is 10.6 Å². The molecule has 0 fully saturated rings. The van der Waals surface area contributed by atoms with Gasteiger partial charge in [0.2, 0.25) is 0 Å². The molecular weight excluding hydrogens is 387 g/mol. The summed E-state index contributed by atoms with van der Waals surface area (Å²) in [5.41, 5.74) is 6.66. The fourth-order valence-electron chi connectivity index (χ4n) is 2.60. The number of carbonyl (C=O) groups is 2. The van der Waals surface area contributed by atoms with Crippen molar-refractivity contribution < 1.29 is 27.9 Å². The van der Waals surface area contributed by atoms with Crippen molar-refractivity contribution in [1.29, 1.82) is 0 Å². The Labute approximate surface area is 162 Å². The van der Waals surface area contributed by atoms with Crippen molar-refractivity contribution in [2.75, 3.05) is 16.4 Å². The minimum atomic E-state index is -1.31. The van der Waals surface area contributed by atoms with Crippen molar-refractivity contribution in [2.24, 2.45) is 0 Å². The SMILES string of the molecule is Nc1ccc(-c2cc(F)c(F)cc2F)cc1NC(=O)c1ccc(NC(=O)O)cc1. The number of benzene rings is 3. The van der Waals surface area contributed by atoms with Gasteiger partial charge in [0.15, 0.2) is 11.6 Å². The van der Waals surface area contributed by atoms with E-state index in [4.69, 9.17) is 10.8 Å². The minimum Gasteiger partial charge on any atom is -0.465 e. The number of nitrogens with one attached hydrogen (secondary N) is 2. The van der Waals surface area contributed by atoms with Crippen LogP contribution in [-0.2, 0) is 0 Å². The van der Waals surface area contributed by atoms with Crippen LogP contribution < -0.4 is 16.4 Å². The van der Waals surface area contributed by atoms with Crippen LogP contribution in [0.1, 0.15) is 10.4 Å². The van der Waals surface area contributed by atoms with Crippen LogP contribution in [0.3, 0.4) is 0 Å². The normalized spacial score (nSPS) is 10.4. The van der Waals surface area contributed by atoms with Crippen molar-refractivity contribution in [3.8, 4) is 11.1 Å². The number of anilines is 3. The van der Waals surface area contributed by atoms with E-state index < -0.39 is 29.5 Å². The minimum absolute atomic E-state index is 0.143. The van der Waals surface area contributed by atoms with Crippen LogP contribution in [0.5, 0.6) is 0 Å². The molecule has 0 atom stereocenters. The van der Waals surface area contributed by atoms with Gasteiger partial charge in [-0.25, -0.2) is 18.0 Å². The van der Waals surface area contributed by atoms with Crippen molar-refractivity contribution in [1.82, 2.24) is 0 Å². The van der Waals surface area contributed by atoms with E-state index in [1.165, 1.54) is 42.5 Å². The van der Waals surface area contributed by atoms with Gasteiger partial charge in [0.1, 0.15) is 5.82 Å². The number of rotatable bonds is 4. The van der Waals surface area contributed by atoms with E-state index in [9.17, 15) is 22.8 Å². The molecule has 6 nitrogen and oxygen atoms in total.